The molecule has 0 saturated heterocycles. The molecule has 0 spiro atoms. The highest BCUT2D eigenvalue weighted by molar-refractivity contribution is 7.99. The average Bonchev–Trinajstić information content (AvgIpc) is 3.01. The number of fused-ring (bicyclic) bond motifs is 1. The van der Waals surface area contributed by atoms with E-state index in [1.165, 1.54) is 23.9 Å². The number of amides is 2. The summed E-state index contributed by atoms with van der Waals surface area (Å²) in [5.41, 5.74) is 2.17. The molecular formula is C16H14N2O5S. The lowest BCUT2D eigenvalue weighted by molar-refractivity contribution is -0.165. The number of carbonyl (C=O) groups excluding carboxylic acids is 3. The van der Waals surface area contributed by atoms with Crippen molar-refractivity contribution in [2.24, 2.45) is 0 Å². The van der Waals surface area contributed by atoms with Gasteiger partial charge in [0, 0.05) is 11.3 Å². The number of thioether (sulfide) groups is 1. The fourth-order valence-electron chi connectivity index (χ4n) is 2.32. The third-order valence-electron chi connectivity index (χ3n) is 3.60. The van der Waals surface area contributed by atoms with Crippen molar-refractivity contribution in [1.82, 2.24) is 10.2 Å². The van der Waals surface area contributed by atoms with Gasteiger partial charge in [0.25, 0.3) is 11.8 Å². The van der Waals surface area contributed by atoms with Gasteiger partial charge in [0.05, 0.1) is 22.6 Å². The number of hydrogen-bond acceptors (Lipinski definition) is 7. The number of aryl methyl sites for hydroxylation is 2. The second kappa shape index (κ2) is 6.48. The number of hydroxylamine groups is 2. The molecule has 8 heteroatoms. The molecule has 7 nitrogen and oxygen atoms in total. The topological polar surface area (TPSA) is 89.7 Å². The summed E-state index contributed by atoms with van der Waals surface area (Å²) in [6.07, 6.45) is 0. The number of nitrogens with zero attached hydrogens (tertiary/aromatic N) is 2. The van der Waals surface area contributed by atoms with Crippen molar-refractivity contribution in [1.29, 1.82) is 0 Å². The molecule has 2 heterocycles. The van der Waals surface area contributed by atoms with Gasteiger partial charge < -0.3 is 9.36 Å². The summed E-state index contributed by atoms with van der Waals surface area (Å²) in [6, 6.07) is 6.34. The van der Waals surface area contributed by atoms with Crippen LogP contribution in [0.4, 0.5) is 0 Å². The lowest BCUT2D eigenvalue weighted by Crippen LogP contribution is -2.33. The molecule has 24 heavy (non-hydrogen) atoms. The zero-order chi connectivity index (χ0) is 17.3. The molecule has 1 aliphatic rings. The van der Waals surface area contributed by atoms with E-state index in [0.717, 1.165) is 11.3 Å². The summed E-state index contributed by atoms with van der Waals surface area (Å²) in [4.78, 5) is 41.0. The van der Waals surface area contributed by atoms with Gasteiger partial charge in [-0.15, -0.1) is 11.8 Å². The Morgan fingerprint density at radius 3 is 2.38 bits per heavy atom. The molecule has 0 atom stereocenters. The summed E-state index contributed by atoms with van der Waals surface area (Å²) >= 11 is 1.29. The summed E-state index contributed by atoms with van der Waals surface area (Å²) < 4.78 is 5.05. The average molecular weight is 346 g/mol. The normalized spacial score (nSPS) is 13.3. The van der Waals surface area contributed by atoms with Gasteiger partial charge >= 0.3 is 5.97 Å². The van der Waals surface area contributed by atoms with E-state index in [2.05, 4.69) is 5.16 Å². The van der Waals surface area contributed by atoms with Crippen molar-refractivity contribution in [2.75, 3.05) is 5.75 Å². The van der Waals surface area contributed by atoms with Crippen LogP contribution < -0.4 is 0 Å². The minimum absolute atomic E-state index is 0.00251. The molecule has 0 bridgehead atoms. The van der Waals surface area contributed by atoms with Gasteiger partial charge in [0.2, 0.25) is 0 Å². The predicted molar refractivity (Wildman–Crippen MR) is 85.2 cm³/mol. The molecule has 1 aromatic heterocycles. The number of imide groups is 1. The van der Waals surface area contributed by atoms with Crippen molar-refractivity contribution < 1.29 is 23.7 Å². The van der Waals surface area contributed by atoms with Crippen LogP contribution in [0, 0.1) is 13.8 Å². The summed E-state index contributed by atoms with van der Waals surface area (Å²) in [5.74, 6) is -0.690. The Kier molecular flexibility index (Phi) is 4.39. The van der Waals surface area contributed by atoms with E-state index in [1.807, 2.05) is 6.92 Å². The Labute approximate surface area is 141 Å². The SMILES string of the molecule is Cc1noc(C)c1CSCC(=O)ON1C(=O)c2ccccc2C1=O. The van der Waals surface area contributed by atoms with Gasteiger partial charge in [0.15, 0.2) is 0 Å². The van der Waals surface area contributed by atoms with E-state index in [-0.39, 0.29) is 16.9 Å². The molecular weight excluding hydrogens is 332 g/mol. The standard InChI is InChI=1S/C16H14N2O5S/c1-9-13(10(2)22-17-9)7-24-8-14(19)23-18-15(20)11-5-3-4-6-12(11)16(18)21/h3-6H,7-8H2,1-2H3. The summed E-state index contributed by atoms with van der Waals surface area (Å²) in [6.45, 7) is 3.62. The minimum atomic E-state index is -0.665. The number of aromatic nitrogens is 1. The molecule has 0 saturated carbocycles. The number of hydrogen-bond donors (Lipinski definition) is 0. The quantitative estimate of drug-likeness (QED) is 0.767. The summed E-state index contributed by atoms with van der Waals surface area (Å²) in [5, 5.41) is 4.36. The Balaban J connectivity index is 1.56. The van der Waals surface area contributed by atoms with Crippen LogP contribution in [0.5, 0.6) is 0 Å². The van der Waals surface area contributed by atoms with E-state index >= 15 is 0 Å². The van der Waals surface area contributed by atoms with E-state index in [9.17, 15) is 14.4 Å². The number of rotatable bonds is 5. The smallest absolute Gasteiger partial charge is 0.343 e. The highest BCUT2D eigenvalue weighted by Crippen LogP contribution is 2.24. The van der Waals surface area contributed by atoms with Crippen molar-refractivity contribution in [3.63, 3.8) is 0 Å². The van der Waals surface area contributed by atoms with Crippen LogP contribution >= 0.6 is 11.8 Å². The fourth-order valence-corrected chi connectivity index (χ4v) is 3.26. The number of carbonyl (C=O) groups is 3. The zero-order valence-corrected chi connectivity index (χ0v) is 13.9. The Morgan fingerprint density at radius 1 is 1.21 bits per heavy atom. The van der Waals surface area contributed by atoms with Crippen LogP contribution in [-0.2, 0) is 15.4 Å². The van der Waals surface area contributed by atoms with Crippen LogP contribution in [0.3, 0.4) is 0 Å². The molecule has 0 N–H and O–H groups in total. The molecule has 0 radical (unpaired) electrons. The molecule has 0 aliphatic carbocycles. The molecule has 0 fully saturated rings. The first-order chi connectivity index (χ1) is 11.5. The maximum Gasteiger partial charge on any atom is 0.343 e. The van der Waals surface area contributed by atoms with Crippen LogP contribution in [0.15, 0.2) is 28.8 Å². The fraction of sp³-hybridized carbons (Fsp3) is 0.250. The van der Waals surface area contributed by atoms with Crippen molar-refractivity contribution in [2.45, 2.75) is 19.6 Å². The molecule has 2 aromatic rings. The van der Waals surface area contributed by atoms with Gasteiger partial charge in [-0.05, 0) is 26.0 Å². The van der Waals surface area contributed by atoms with Crippen molar-refractivity contribution in [3.05, 3.63) is 52.4 Å². The molecule has 0 unspecified atom stereocenters. The minimum Gasteiger partial charge on any atom is -0.361 e. The first-order valence-corrected chi connectivity index (χ1v) is 8.32. The van der Waals surface area contributed by atoms with Crippen LogP contribution in [0.1, 0.15) is 37.7 Å². The lowest BCUT2D eigenvalue weighted by Gasteiger charge is -2.12. The van der Waals surface area contributed by atoms with Crippen molar-refractivity contribution in [3.8, 4) is 0 Å². The molecule has 2 amide bonds. The van der Waals surface area contributed by atoms with Gasteiger partial charge in [-0.2, -0.15) is 0 Å². The summed E-state index contributed by atoms with van der Waals surface area (Å²) in [7, 11) is 0. The van der Waals surface area contributed by atoms with Gasteiger partial charge in [-0.25, -0.2) is 4.79 Å². The second-order valence-electron chi connectivity index (χ2n) is 5.21. The zero-order valence-electron chi connectivity index (χ0n) is 13.1. The maximum absolute atomic E-state index is 12.1. The highest BCUT2D eigenvalue weighted by Gasteiger charge is 2.38. The Bertz CT molecular complexity index is 775. The maximum atomic E-state index is 12.1. The van der Waals surface area contributed by atoms with Crippen LogP contribution in [0.2, 0.25) is 0 Å². The third kappa shape index (κ3) is 2.92. The molecule has 124 valence electrons. The largest absolute Gasteiger partial charge is 0.361 e. The predicted octanol–water partition coefficient (Wildman–Crippen LogP) is 2.28. The van der Waals surface area contributed by atoms with Gasteiger partial charge in [-0.3, -0.25) is 9.59 Å². The van der Waals surface area contributed by atoms with Gasteiger partial charge in [0.1, 0.15) is 5.76 Å². The number of benzene rings is 1. The first kappa shape index (κ1) is 16.3. The van der Waals surface area contributed by atoms with E-state index in [0.29, 0.717) is 16.6 Å². The van der Waals surface area contributed by atoms with E-state index in [4.69, 9.17) is 9.36 Å². The van der Waals surface area contributed by atoms with E-state index in [1.54, 1.807) is 19.1 Å². The molecule has 3 rings (SSSR count). The monoisotopic (exact) mass is 346 g/mol. The lowest BCUT2D eigenvalue weighted by atomic mass is 10.1. The van der Waals surface area contributed by atoms with Crippen LogP contribution in [-0.4, -0.2) is 33.8 Å². The van der Waals surface area contributed by atoms with Crippen molar-refractivity contribution >= 4 is 29.5 Å². The molecule has 1 aromatic carbocycles. The Morgan fingerprint density at radius 2 is 1.83 bits per heavy atom. The van der Waals surface area contributed by atoms with Gasteiger partial charge in [-0.1, -0.05) is 22.4 Å². The van der Waals surface area contributed by atoms with E-state index < -0.39 is 17.8 Å². The Hall–Kier alpha value is -2.61. The second-order valence-corrected chi connectivity index (χ2v) is 6.19. The third-order valence-corrected chi connectivity index (χ3v) is 4.53. The highest BCUT2D eigenvalue weighted by atomic mass is 32.2. The first-order valence-electron chi connectivity index (χ1n) is 7.17. The molecule has 1 aliphatic heterocycles. The van der Waals surface area contributed by atoms with Crippen LogP contribution in [0.25, 0.3) is 0 Å².